The highest BCUT2D eigenvalue weighted by Gasteiger charge is 2.14. The van der Waals surface area contributed by atoms with Crippen LogP contribution in [-0.4, -0.2) is 17.1 Å². The van der Waals surface area contributed by atoms with Gasteiger partial charge in [0.15, 0.2) is 11.5 Å². The maximum Gasteiger partial charge on any atom is 0.174 e. The highest BCUT2D eigenvalue weighted by Crippen LogP contribution is 2.35. The number of nitrogens with one attached hydrogen (secondary N) is 1. The van der Waals surface area contributed by atoms with Crippen LogP contribution in [0.4, 0.5) is 4.39 Å². The number of halogens is 2. The summed E-state index contributed by atoms with van der Waals surface area (Å²) in [6, 6.07) is 18.3. The number of hydrogen-bond acceptors (Lipinski definition) is 4. The first-order chi connectivity index (χ1) is 15.5. The first kappa shape index (κ1) is 21.8. The Hall–Kier alpha value is -3.38. The molecule has 0 unspecified atom stereocenters. The fourth-order valence-corrected chi connectivity index (χ4v) is 4.01. The summed E-state index contributed by atoms with van der Waals surface area (Å²) in [6.07, 6.45) is 1.71. The largest absolute Gasteiger partial charge is 0.493 e. The number of H-pyrrole nitrogens is 1. The molecule has 4 rings (SSSR count). The molecule has 32 heavy (non-hydrogen) atoms. The Morgan fingerprint density at radius 1 is 1.19 bits per heavy atom. The van der Waals surface area contributed by atoms with Gasteiger partial charge >= 0.3 is 0 Å². The SMILES string of the molecule is COc1cc(/C=C(/C#N)c2nc3ccc(F)cc3[nH]2)cc(I)c1OCc1ccc(C)cc1. The number of fused-ring (bicyclic) bond motifs is 1. The molecule has 0 radical (unpaired) electrons. The smallest absolute Gasteiger partial charge is 0.174 e. The van der Waals surface area contributed by atoms with Gasteiger partial charge in [-0.15, -0.1) is 0 Å². The molecule has 160 valence electrons. The number of rotatable bonds is 6. The van der Waals surface area contributed by atoms with E-state index >= 15 is 0 Å². The van der Waals surface area contributed by atoms with Crippen molar-refractivity contribution in [1.29, 1.82) is 5.26 Å². The monoisotopic (exact) mass is 539 g/mol. The number of nitriles is 1. The number of aromatic amines is 1. The van der Waals surface area contributed by atoms with E-state index in [9.17, 15) is 9.65 Å². The van der Waals surface area contributed by atoms with E-state index in [1.165, 1.54) is 17.7 Å². The van der Waals surface area contributed by atoms with Crippen LogP contribution < -0.4 is 9.47 Å². The van der Waals surface area contributed by atoms with Crippen LogP contribution in [0.1, 0.15) is 22.5 Å². The van der Waals surface area contributed by atoms with Gasteiger partial charge in [-0.1, -0.05) is 29.8 Å². The van der Waals surface area contributed by atoms with Gasteiger partial charge in [-0.25, -0.2) is 9.37 Å². The highest BCUT2D eigenvalue weighted by atomic mass is 127. The van der Waals surface area contributed by atoms with Crippen molar-refractivity contribution in [3.8, 4) is 17.6 Å². The van der Waals surface area contributed by atoms with Gasteiger partial charge in [0.2, 0.25) is 0 Å². The van der Waals surface area contributed by atoms with Crippen molar-refractivity contribution in [2.45, 2.75) is 13.5 Å². The number of ether oxygens (including phenoxy) is 2. The van der Waals surface area contributed by atoms with Gasteiger partial charge in [0, 0.05) is 0 Å². The van der Waals surface area contributed by atoms with E-state index in [4.69, 9.17) is 9.47 Å². The summed E-state index contributed by atoms with van der Waals surface area (Å²) >= 11 is 2.19. The summed E-state index contributed by atoms with van der Waals surface area (Å²) in [5.74, 6) is 1.22. The zero-order valence-electron chi connectivity index (χ0n) is 17.4. The molecule has 1 N–H and O–H groups in total. The number of imidazole rings is 1. The zero-order valence-corrected chi connectivity index (χ0v) is 19.6. The molecule has 0 aliphatic carbocycles. The average Bonchev–Trinajstić information content (AvgIpc) is 3.20. The summed E-state index contributed by atoms with van der Waals surface area (Å²) in [6.45, 7) is 2.46. The van der Waals surface area contributed by atoms with E-state index in [1.807, 2.05) is 43.3 Å². The van der Waals surface area contributed by atoms with Gasteiger partial charge < -0.3 is 14.5 Å². The van der Waals surface area contributed by atoms with Gasteiger partial charge in [0.25, 0.3) is 0 Å². The molecule has 3 aromatic carbocycles. The standard InChI is InChI=1S/C25H19FIN3O2/c1-15-3-5-16(6-4-15)14-32-24-20(27)10-17(11-23(24)31-2)9-18(13-28)25-29-21-8-7-19(26)12-22(21)30-25/h3-12H,14H2,1-2H3,(H,29,30)/b18-9-. The first-order valence-electron chi connectivity index (χ1n) is 9.80. The van der Waals surface area contributed by atoms with Gasteiger partial charge in [-0.2, -0.15) is 5.26 Å². The lowest BCUT2D eigenvalue weighted by Gasteiger charge is -2.14. The summed E-state index contributed by atoms with van der Waals surface area (Å²) in [5, 5.41) is 9.69. The third-order valence-corrected chi connectivity index (χ3v) is 5.69. The molecule has 0 spiro atoms. The lowest BCUT2D eigenvalue weighted by atomic mass is 10.1. The number of nitrogens with zero attached hydrogens (tertiary/aromatic N) is 2. The highest BCUT2D eigenvalue weighted by molar-refractivity contribution is 14.1. The lowest BCUT2D eigenvalue weighted by Crippen LogP contribution is -2.00. The molecule has 0 bridgehead atoms. The number of benzene rings is 3. The third-order valence-electron chi connectivity index (χ3n) is 4.89. The van der Waals surface area contributed by atoms with Crippen molar-refractivity contribution in [2.75, 3.05) is 7.11 Å². The number of hydrogen-bond donors (Lipinski definition) is 1. The third kappa shape index (κ3) is 4.75. The second-order valence-electron chi connectivity index (χ2n) is 7.23. The Labute approximate surface area is 198 Å². The lowest BCUT2D eigenvalue weighted by molar-refractivity contribution is 0.282. The zero-order chi connectivity index (χ0) is 22.7. The molecule has 1 aromatic heterocycles. The van der Waals surface area contributed by atoms with Crippen LogP contribution in [0.2, 0.25) is 0 Å². The molecule has 5 nitrogen and oxygen atoms in total. The van der Waals surface area contributed by atoms with Crippen molar-refractivity contribution in [2.24, 2.45) is 0 Å². The number of aryl methyl sites for hydroxylation is 1. The van der Waals surface area contributed by atoms with Crippen molar-refractivity contribution < 1.29 is 13.9 Å². The van der Waals surface area contributed by atoms with Crippen molar-refractivity contribution in [3.63, 3.8) is 0 Å². The Morgan fingerprint density at radius 2 is 1.97 bits per heavy atom. The number of aromatic nitrogens is 2. The Morgan fingerprint density at radius 3 is 2.69 bits per heavy atom. The predicted molar refractivity (Wildman–Crippen MR) is 131 cm³/mol. The van der Waals surface area contributed by atoms with Crippen molar-refractivity contribution in [3.05, 3.63) is 86.5 Å². The fraction of sp³-hybridized carbons (Fsp3) is 0.120. The fourth-order valence-electron chi connectivity index (χ4n) is 3.23. The Balaban J connectivity index is 1.63. The van der Waals surface area contributed by atoms with Crippen LogP contribution in [0.3, 0.4) is 0 Å². The molecule has 7 heteroatoms. The van der Waals surface area contributed by atoms with Crippen molar-refractivity contribution >= 4 is 45.3 Å². The van der Waals surface area contributed by atoms with E-state index in [1.54, 1.807) is 19.3 Å². The van der Waals surface area contributed by atoms with Gasteiger partial charge in [0.1, 0.15) is 24.3 Å². The summed E-state index contributed by atoms with van der Waals surface area (Å²) < 4.78 is 25.9. The molecule has 0 saturated heterocycles. The maximum absolute atomic E-state index is 13.5. The van der Waals surface area contributed by atoms with Crippen LogP contribution in [0, 0.1) is 27.6 Å². The van der Waals surface area contributed by atoms with E-state index in [2.05, 4.69) is 38.6 Å². The van der Waals surface area contributed by atoms with E-state index in [0.29, 0.717) is 40.5 Å². The van der Waals surface area contributed by atoms with Crippen LogP contribution in [0.15, 0.2) is 54.6 Å². The molecular weight excluding hydrogens is 520 g/mol. The molecule has 0 fully saturated rings. The topological polar surface area (TPSA) is 70.9 Å². The molecule has 0 atom stereocenters. The minimum Gasteiger partial charge on any atom is -0.493 e. The average molecular weight is 539 g/mol. The molecular formula is C25H19FIN3O2. The molecule has 1 heterocycles. The minimum absolute atomic E-state index is 0.327. The van der Waals surface area contributed by atoms with Crippen molar-refractivity contribution in [1.82, 2.24) is 9.97 Å². The van der Waals surface area contributed by atoms with Crippen LogP contribution in [0.25, 0.3) is 22.7 Å². The van der Waals surface area contributed by atoms with Gasteiger partial charge in [0.05, 0.1) is 27.3 Å². The van der Waals surface area contributed by atoms with Crippen LogP contribution >= 0.6 is 22.6 Å². The maximum atomic E-state index is 13.5. The normalized spacial score (nSPS) is 11.4. The molecule has 0 aliphatic rings. The second kappa shape index (κ2) is 9.40. The van der Waals surface area contributed by atoms with Crippen LogP contribution in [-0.2, 0) is 6.61 Å². The first-order valence-corrected chi connectivity index (χ1v) is 10.9. The van der Waals surface area contributed by atoms with E-state index in [0.717, 1.165) is 14.7 Å². The summed E-state index contributed by atoms with van der Waals surface area (Å²) in [7, 11) is 1.58. The second-order valence-corrected chi connectivity index (χ2v) is 8.39. The number of allylic oxidation sites excluding steroid dienone is 1. The molecule has 0 amide bonds. The quantitative estimate of drug-likeness (QED) is 0.232. The van der Waals surface area contributed by atoms with Crippen LogP contribution in [0.5, 0.6) is 11.5 Å². The molecule has 0 saturated carbocycles. The number of methoxy groups -OCH3 is 1. The summed E-state index contributed by atoms with van der Waals surface area (Å²) in [4.78, 5) is 7.41. The van der Waals surface area contributed by atoms with E-state index in [-0.39, 0.29) is 5.82 Å². The molecule has 4 aromatic rings. The minimum atomic E-state index is -0.365. The summed E-state index contributed by atoms with van der Waals surface area (Å²) in [5.41, 5.74) is 4.47. The van der Waals surface area contributed by atoms with Gasteiger partial charge in [-0.05, 0) is 77.0 Å². The van der Waals surface area contributed by atoms with E-state index < -0.39 is 0 Å². The molecule has 0 aliphatic heterocycles. The Kier molecular flexibility index (Phi) is 6.42. The Bertz CT molecular complexity index is 1350. The predicted octanol–water partition coefficient (Wildman–Crippen LogP) is 6.27. The van der Waals surface area contributed by atoms with Gasteiger partial charge in [-0.3, -0.25) is 0 Å².